The summed E-state index contributed by atoms with van der Waals surface area (Å²) in [7, 11) is 0. The van der Waals surface area contributed by atoms with E-state index in [9.17, 15) is 0 Å². The number of hydrogen-bond donors (Lipinski definition) is 0. The predicted octanol–water partition coefficient (Wildman–Crippen LogP) is 16.0. The molecule has 11 aromatic rings. The molecule has 2 heteroatoms. The van der Waals surface area contributed by atoms with Gasteiger partial charge in [-0.05, 0) is 99.6 Å². The highest BCUT2D eigenvalue weighted by molar-refractivity contribution is 6.10. The molecule has 298 valence electrons. The van der Waals surface area contributed by atoms with Crippen LogP contribution in [0.15, 0.2) is 267 Å². The number of hydrogen-bond acceptors (Lipinski definition) is 1. The molecule has 1 aromatic heterocycles. The van der Waals surface area contributed by atoms with Gasteiger partial charge < -0.3 is 9.47 Å². The van der Waals surface area contributed by atoms with E-state index in [1.54, 1.807) is 0 Å². The molecule has 0 amide bonds. The van der Waals surface area contributed by atoms with Crippen molar-refractivity contribution in [3.8, 4) is 27.9 Å². The van der Waals surface area contributed by atoms with Crippen LogP contribution in [0.4, 0.5) is 17.1 Å². The van der Waals surface area contributed by atoms with Crippen LogP contribution < -0.4 is 4.90 Å². The van der Waals surface area contributed by atoms with E-state index in [2.05, 4.69) is 276 Å². The van der Waals surface area contributed by atoms with Crippen LogP contribution in [-0.2, 0) is 5.41 Å². The zero-order chi connectivity index (χ0) is 42.0. The molecule has 0 saturated heterocycles. The fraction of sp³-hybridized carbons (Fsp3) is 0.0164. The maximum Gasteiger partial charge on any atom is 0.0701 e. The van der Waals surface area contributed by atoms with Gasteiger partial charge >= 0.3 is 0 Å². The standard InChI is InChI=1S/C61H44N2/c1-6-21-45(22-7-1)55-33-16-18-35-58(55)62(53-40-38-51(39-41-53)61(48-24-8-2-9-25-48,49-26-10-3-11-27-49)50-28-12-4-13-29-50)54-32-20-23-46(43-54)47-37-42-60-57(44-47)56-34-17-19-36-59(56)63(60)52-30-14-5-15-31-52/h1-44H. The molecular formula is C61H44N2. The SMILES string of the molecule is c1ccc(-c2ccccc2N(c2ccc(C(c3ccccc3)(c3ccccc3)c3ccccc3)cc2)c2cccc(-c3ccc4c(c3)c3ccccc3n4-c3ccccc3)c2)cc1. The lowest BCUT2D eigenvalue weighted by Gasteiger charge is -2.37. The van der Waals surface area contributed by atoms with E-state index < -0.39 is 5.41 Å². The molecule has 0 aliphatic carbocycles. The fourth-order valence-electron chi connectivity index (χ4n) is 9.71. The van der Waals surface area contributed by atoms with Gasteiger partial charge in [0.15, 0.2) is 0 Å². The van der Waals surface area contributed by atoms with Gasteiger partial charge in [-0.2, -0.15) is 0 Å². The van der Waals surface area contributed by atoms with Gasteiger partial charge in [0.1, 0.15) is 0 Å². The Hall–Kier alpha value is -8.20. The molecule has 0 saturated carbocycles. The molecule has 0 aliphatic rings. The van der Waals surface area contributed by atoms with Crippen LogP contribution >= 0.6 is 0 Å². The minimum absolute atomic E-state index is 0.544. The fourth-order valence-corrected chi connectivity index (χ4v) is 9.71. The van der Waals surface area contributed by atoms with Crippen LogP contribution in [0, 0.1) is 0 Å². The maximum atomic E-state index is 2.42. The highest BCUT2D eigenvalue weighted by Crippen LogP contribution is 2.47. The molecule has 0 spiro atoms. The first-order chi connectivity index (χ1) is 31.3. The first-order valence-electron chi connectivity index (χ1n) is 21.7. The van der Waals surface area contributed by atoms with Crippen molar-refractivity contribution in [2.24, 2.45) is 0 Å². The highest BCUT2D eigenvalue weighted by atomic mass is 15.1. The Morgan fingerprint density at radius 3 is 1.44 bits per heavy atom. The van der Waals surface area contributed by atoms with Crippen LogP contribution in [0.25, 0.3) is 49.7 Å². The highest BCUT2D eigenvalue weighted by Gasteiger charge is 2.38. The number of nitrogens with zero attached hydrogens (tertiary/aromatic N) is 2. The molecule has 0 unspecified atom stereocenters. The van der Waals surface area contributed by atoms with Crippen molar-refractivity contribution in [3.63, 3.8) is 0 Å². The summed E-state index contributed by atoms with van der Waals surface area (Å²) < 4.78 is 2.37. The Balaban J connectivity index is 1.09. The Kier molecular flexibility index (Phi) is 9.80. The van der Waals surface area contributed by atoms with Crippen molar-refractivity contribution in [1.82, 2.24) is 4.57 Å². The molecule has 0 radical (unpaired) electrons. The van der Waals surface area contributed by atoms with Gasteiger partial charge in [-0.15, -0.1) is 0 Å². The van der Waals surface area contributed by atoms with E-state index in [0.717, 1.165) is 33.9 Å². The van der Waals surface area contributed by atoms with Crippen molar-refractivity contribution >= 4 is 38.9 Å². The summed E-state index contributed by atoms with van der Waals surface area (Å²) in [6.07, 6.45) is 0. The molecule has 0 N–H and O–H groups in total. The molecule has 10 aromatic carbocycles. The summed E-state index contributed by atoms with van der Waals surface area (Å²) in [5, 5.41) is 2.48. The van der Waals surface area contributed by atoms with Gasteiger partial charge in [0, 0.05) is 33.4 Å². The molecular weight excluding hydrogens is 761 g/mol. The number of para-hydroxylation sites is 3. The van der Waals surface area contributed by atoms with E-state index >= 15 is 0 Å². The molecule has 63 heavy (non-hydrogen) atoms. The van der Waals surface area contributed by atoms with Gasteiger partial charge in [0.05, 0.1) is 22.1 Å². The average Bonchev–Trinajstić information content (AvgIpc) is 3.70. The maximum absolute atomic E-state index is 2.42. The van der Waals surface area contributed by atoms with Crippen molar-refractivity contribution in [2.45, 2.75) is 5.41 Å². The van der Waals surface area contributed by atoms with Gasteiger partial charge in [-0.1, -0.05) is 206 Å². The Morgan fingerprint density at radius 2 is 0.794 bits per heavy atom. The van der Waals surface area contributed by atoms with Crippen molar-refractivity contribution in [1.29, 1.82) is 0 Å². The second kappa shape index (κ2) is 16.3. The lowest BCUT2D eigenvalue weighted by atomic mass is 9.65. The molecule has 0 bridgehead atoms. The Morgan fingerprint density at radius 1 is 0.302 bits per heavy atom. The molecule has 11 rings (SSSR count). The van der Waals surface area contributed by atoms with Crippen LogP contribution in [0.3, 0.4) is 0 Å². The van der Waals surface area contributed by atoms with Crippen LogP contribution in [-0.4, -0.2) is 4.57 Å². The van der Waals surface area contributed by atoms with E-state index in [1.165, 1.54) is 55.2 Å². The molecule has 0 aliphatic heterocycles. The van der Waals surface area contributed by atoms with E-state index in [4.69, 9.17) is 0 Å². The van der Waals surface area contributed by atoms with E-state index in [-0.39, 0.29) is 0 Å². The minimum Gasteiger partial charge on any atom is -0.310 e. The summed E-state index contributed by atoms with van der Waals surface area (Å²) in [6.45, 7) is 0. The summed E-state index contributed by atoms with van der Waals surface area (Å²) in [6, 6.07) is 96.9. The average molecular weight is 805 g/mol. The number of anilines is 3. The third-order valence-corrected chi connectivity index (χ3v) is 12.5. The number of aromatic nitrogens is 1. The second-order valence-corrected chi connectivity index (χ2v) is 16.1. The van der Waals surface area contributed by atoms with Crippen molar-refractivity contribution in [2.75, 3.05) is 4.90 Å². The predicted molar refractivity (Wildman–Crippen MR) is 265 cm³/mol. The van der Waals surface area contributed by atoms with Crippen LogP contribution in [0.2, 0.25) is 0 Å². The summed E-state index contributed by atoms with van der Waals surface area (Å²) in [5.41, 5.74) is 15.8. The lowest BCUT2D eigenvalue weighted by molar-refractivity contribution is 0.745. The third kappa shape index (κ3) is 6.70. The quantitative estimate of drug-likeness (QED) is 0.125. The van der Waals surface area contributed by atoms with E-state index in [1.807, 2.05) is 0 Å². The van der Waals surface area contributed by atoms with E-state index in [0.29, 0.717) is 0 Å². The normalized spacial score (nSPS) is 11.5. The first-order valence-corrected chi connectivity index (χ1v) is 21.7. The topological polar surface area (TPSA) is 8.17 Å². The lowest BCUT2D eigenvalue weighted by Crippen LogP contribution is -2.31. The summed E-state index contributed by atoms with van der Waals surface area (Å²) in [4.78, 5) is 2.42. The van der Waals surface area contributed by atoms with Crippen molar-refractivity contribution < 1.29 is 0 Å². The Bertz CT molecular complexity index is 3210. The second-order valence-electron chi connectivity index (χ2n) is 16.1. The molecule has 1 heterocycles. The van der Waals surface area contributed by atoms with Gasteiger partial charge in [0.2, 0.25) is 0 Å². The zero-order valence-corrected chi connectivity index (χ0v) is 34.8. The van der Waals surface area contributed by atoms with Gasteiger partial charge in [0.25, 0.3) is 0 Å². The summed E-state index contributed by atoms with van der Waals surface area (Å²) >= 11 is 0. The monoisotopic (exact) mass is 804 g/mol. The van der Waals surface area contributed by atoms with Crippen LogP contribution in [0.5, 0.6) is 0 Å². The Labute approximate surface area is 369 Å². The van der Waals surface area contributed by atoms with Gasteiger partial charge in [-0.25, -0.2) is 0 Å². The molecule has 0 fully saturated rings. The zero-order valence-electron chi connectivity index (χ0n) is 34.8. The largest absolute Gasteiger partial charge is 0.310 e. The summed E-state index contributed by atoms with van der Waals surface area (Å²) in [5.74, 6) is 0. The first kappa shape index (κ1) is 37.8. The van der Waals surface area contributed by atoms with Gasteiger partial charge in [-0.3, -0.25) is 0 Å². The third-order valence-electron chi connectivity index (χ3n) is 12.5. The number of rotatable bonds is 10. The minimum atomic E-state index is -0.544. The molecule has 2 nitrogen and oxygen atoms in total. The number of fused-ring (bicyclic) bond motifs is 3. The van der Waals surface area contributed by atoms with Crippen LogP contribution in [0.1, 0.15) is 22.3 Å². The molecule has 0 atom stereocenters. The smallest absolute Gasteiger partial charge is 0.0701 e. The van der Waals surface area contributed by atoms with Crippen molar-refractivity contribution in [3.05, 3.63) is 289 Å². The number of benzene rings is 10.